The molecule has 0 aliphatic heterocycles. The Bertz CT molecular complexity index is 831. The van der Waals surface area contributed by atoms with Gasteiger partial charge in [-0.2, -0.15) is 5.10 Å². The van der Waals surface area contributed by atoms with E-state index in [9.17, 15) is 9.59 Å². The van der Waals surface area contributed by atoms with Gasteiger partial charge in [-0.25, -0.2) is 0 Å². The van der Waals surface area contributed by atoms with Crippen molar-refractivity contribution in [3.63, 3.8) is 0 Å². The van der Waals surface area contributed by atoms with Crippen LogP contribution in [-0.2, 0) is 23.1 Å². The highest BCUT2D eigenvalue weighted by atomic mass is 16.5. The third kappa shape index (κ3) is 4.18. The van der Waals surface area contributed by atoms with Crippen molar-refractivity contribution in [3.05, 3.63) is 47.0 Å². The molecule has 2 aromatic rings. The van der Waals surface area contributed by atoms with Crippen LogP contribution in [0.2, 0.25) is 0 Å². The quantitative estimate of drug-likeness (QED) is 0.699. The molecule has 2 atom stereocenters. The molecule has 0 N–H and O–H groups in total. The van der Waals surface area contributed by atoms with Crippen LogP contribution < -0.4 is 0 Å². The molecule has 2 heterocycles. The van der Waals surface area contributed by atoms with Gasteiger partial charge in [-0.3, -0.25) is 19.3 Å². The zero-order chi connectivity index (χ0) is 19.6. The van der Waals surface area contributed by atoms with Gasteiger partial charge in [0.2, 0.25) is 0 Å². The van der Waals surface area contributed by atoms with Gasteiger partial charge in [0, 0.05) is 49.4 Å². The Morgan fingerprint density at radius 3 is 2.59 bits per heavy atom. The van der Waals surface area contributed by atoms with Crippen molar-refractivity contribution in [2.24, 2.45) is 18.9 Å². The summed E-state index contributed by atoms with van der Waals surface area (Å²) in [7, 11) is 1.90. The van der Waals surface area contributed by atoms with Gasteiger partial charge >= 0.3 is 5.97 Å². The highest BCUT2D eigenvalue weighted by Gasteiger charge is 2.45. The van der Waals surface area contributed by atoms with E-state index in [0.717, 1.165) is 23.4 Å². The van der Waals surface area contributed by atoms with Crippen LogP contribution in [0.5, 0.6) is 0 Å². The maximum Gasteiger partial charge on any atom is 0.309 e. The average molecular weight is 370 g/mol. The van der Waals surface area contributed by atoms with Gasteiger partial charge in [-0.15, -0.1) is 0 Å². The summed E-state index contributed by atoms with van der Waals surface area (Å²) >= 11 is 0. The molecule has 144 valence electrons. The maximum absolute atomic E-state index is 13.1. The summed E-state index contributed by atoms with van der Waals surface area (Å²) in [5.74, 6) is -0.178. The minimum absolute atomic E-state index is 0.0606. The normalized spacial score (nSPS) is 18.2. The number of amides is 1. The number of carbonyl (C=O) groups is 2. The summed E-state index contributed by atoms with van der Waals surface area (Å²) in [5, 5.41) is 4.45. The van der Waals surface area contributed by atoms with Crippen molar-refractivity contribution in [3.8, 4) is 0 Å². The number of carbonyl (C=O) groups excluding carboxylic acids is 2. The van der Waals surface area contributed by atoms with Gasteiger partial charge in [0.05, 0.1) is 18.2 Å². The largest absolute Gasteiger partial charge is 0.466 e. The Kier molecular flexibility index (Phi) is 5.58. The van der Waals surface area contributed by atoms with Gasteiger partial charge in [0.25, 0.3) is 5.91 Å². The van der Waals surface area contributed by atoms with Gasteiger partial charge < -0.3 is 9.64 Å². The molecule has 0 unspecified atom stereocenters. The smallest absolute Gasteiger partial charge is 0.309 e. The van der Waals surface area contributed by atoms with E-state index in [1.807, 2.05) is 37.4 Å². The molecular formula is C20H26N4O3. The van der Waals surface area contributed by atoms with Crippen molar-refractivity contribution in [1.29, 1.82) is 0 Å². The highest BCUT2D eigenvalue weighted by Crippen LogP contribution is 2.40. The molecular weight excluding hydrogens is 344 g/mol. The first-order valence-electron chi connectivity index (χ1n) is 9.27. The zero-order valence-corrected chi connectivity index (χ0v) is 16.3. The summed E-state index contributed by atoms with van der Waals surface area (Å²) in [5.41, 5.74) is 3.60. The number of pyridine rings is 1. The highest BCUT2D eigenvalue weighted by molar-refractivity contribution is 5.94. The molecule has 1 fully saturated rings. The molecule has 1 amide bonds. The summed E-state index contributed by atoms with van der Waals surface area (Å²) in [6, 6.07) is 3.43. The Morgan fingerprint density at radius 2 is 2.00 bits per heavy atom. The van der Waals surface area contributed by atoms with E-state index in [2.05, 4.69) is 10.1 Å². The summed E-state index contributed by atoms with van der Waals surface area (Å²) in [6.45, 7) is 7.15. The van der Waals surface area contributed by atoms with Crippen molar-refractivity contribution in [2.45, 2.75) is 33.7 Å². The second kappa shape index (κ2) is 7.90. The van der Waals surface area contributed by atoms with Crippen LogP contribution in [0.15, 0.2) is 24.5 Å². The molecule has 1 aliphatic carbocycles. The van der Waals surface area contributed by atoms with E-state index in [1.54, 1.807) is 24.5 Å². The standard InChI is InChI=1S/C20H26N4O3/c1-5-27-20(26)17-10-16(17)11-24(19(25)15-6-8-21-9-7-15)12-18-13(2)22-23(4)14(18)3/h6-9,16-17H,5,10-12H2,1-4H3/t16-,17+/m1/s1. The molecule has 0 aromatic carbocycles. The van der Waals surface area contributed by atoms with E-state index in [-0.39, 0.29) is 23.7 Å². The fourth-order valence-electron chi connectivity index (χ4n) is 3.40. The maximum atomic E-state index is 13.1. The number of ether oxygens (including phenoxy) is 1. The first kappa shape index (κ1) is 19.1. The zero-order valence-electron chi connectivity index (χ0n) is 16.3. The molecule has 7 nitrogen and oxygen atoms in total. The number of hydrogen-bond acceptors (Lipinski definition) is 5. The number of hydrogen-bond donors (Lipinski definition) is 0. The lowest BCUT2D eigenvalue weighted by molar-refractivity contribution is -0.145. The van der Waals surface area contributed by atoms with E-state index < -0.39 is 0 Å². The minimum Gasteiger partial charge on any atom is -0.466 e. The van der Waals surface area contributed by atoms with Crippen LogP contribution in [0.25, 0.3) is 0 Å². The van der Waals surface area contributed by atoms with E-state index >= 15 is 0 Å². The molecule has 1 saturated carbocycles. The van der Waals surface area contributed by atoms with Crippen LogP contribution in [0.3, 0.4) is 0 Å². The summed E-state index contributed by atoms with van der Waals surface area (Å²) < 4.78 is 6.95. The molecule has 7 heteroatoms. The molecule has 2 aromatic heterocycles. The number of nitrogens with zero attached hydrogens (tertiary/aromatic N) is 4. The monoisotopic (exact) mass is 370 g/mol. The van der Waals surface area contributed by atoms with Crippen LogP contribution in [0.1, 0.15) is 40.7 Å². The van der Waals surface area contributed by atoms with Crippen LogP contribution in [0, 0.1) is 25.7 Å². The van der Waals surface area contributed by atoms with Crippen molar-refractivity contribution in [1.82, 2.24) is 19.7 Å². The lowest BCUT2D eigenvalue weighted by atomic mass is 10.1. The van der Waals surface area contributed by atoms with Crippen molar-refractivity contribution >= 4 is 11.9 Å². The Labute approximate surface area is 159 Å². The first-order chi connectivity index (χ1) is 12.9. The molecule has 1 aliphatic rings. The Morgan fingerprint density at radius 1 is 1.30 bits per heavy atom. The molecule has 3 rings (SSSR count). The lowest BCUT2D eigenvalue weighted by Gasteiger charge is -2.23. The fourth-order valence-corrected chi connectivity index (χ4v) is 3.40. The number of aromatic nitrogens is 3. The fraction of sp³-hybridized carbons (Fsp3) is 0.500. The molecule has 0 spiro atoms. The number of aryl methyl sites for hydroxylation is 2. The Balaban J connectivity index is 1.79. The van der Waals surface area contributed by atoms with Gasteiger partial charge in [-0.1, -0.05) is 0 Å². The summed E-state index contributed by atoms with van der Waals surface area (Å²) in [6.07, 6.45) is 4.00. The number of esters is 1. The second-order valence-corrected chi connectivity index (χ2v) is 7.05. The van der Waals surface area contributed by atoms with Crippen molar-refractivity contribution < 1.29 is 14.3 Å². The van der Waals surface area contributed by atoms with E-state index in [0.29, 0.717) is 25.3 Å². The third-order valence-corrected chi connectivity index (χ3v) is 5.19. The average Bonchev–Trinajstić information content (AvgIpc) is 3.39. The van der Waals surface area contributed by atoms with Gasteiger partial charge in [-0.05, 0) is 45.2 Å². The van der Waals surface area contributed by atoms with Gasteiger partial charge in [0.15, 0.2) is 0 Å². The Hall–Kier alpha value is -2.70. The van der Waals surface area contributed by atoms with E-state index in [4.69, 9.17) is 4.74 Å². The van der Waals surface area contributed by atoms with Crippen LogP contribution >= 0.6 is 0 Å². The molecule has 0 saturated heterocycles. The third-order valence-electron chi connectivity index (χ3n) is 5.19. The molecule has 27 heavy (non-hydrogen) atoms. The summed E-state index contributed by atoms with van der Waals surface area (Å²) in [4.78, 5) is 30.9. The minimum atomic E-state index is -0.160. The van der Waals surface area contributed by atoms with E-state index in [1.165, 1.54) is 0 Å². The predicted octanol–water partition coefficient (Wildman–Crippen LogP) is 2.27. The first-order valence-corrected chi connectivity index (χ1v) is 9.27. The molecule has 0 radical (unpaired) electrons. The van der Waals surface area contributed by atoms with Gasteiger partial charge in [0.1, 0.15) is 0 Å². The second-order valence-electron chi connectivity index (χ2n) is 7.05. The van der Waals surface area contributed by atoms with Crippen LogP contribution in [0.4, 0.5) is 0 Å². The number of rotatable bonds is 7. The van der Waals surface area contributed by atoms with Crippen LogP contribution in [-0.4, -0.2) is 44.7 Å². The predicted molar refractivity (Wildman–Crippen MR) is 99.9 cm³/mol. The lowest BCUT2D eigenvalue weighted by Crippen LogP contribution is -2.33. The van der Waals surface area contributed by atoms with Crippen molar-refractivity contribution in [2.75, 3.05) is 13.2 Å². The molecule has 0 bridgehead atoms. The topological polar surface area (TPSA) is 77.3 Å². The SMILES string of the molecule is CCOC(=O)[C@H]1C[C@@H]1CN(Cc1c(C)nn(C)c1C)C(=O)c1ccncc1.